The fourth-order valence-corrected chi connectivity index (χ4v) is 1.63. The Labute approximate surface area is 110 Å². The molecule has 18 heavy (non-hydrogen) atoms. The van der Waals surface area contributed by atoms with Crippen molar-refractivity contribution in [2.45, 2.75) is 39.8 Å². The fourth-order valence-electron chi connectivity index (χ4n) is 1.63. The minimum absolute atomic E-state index is 0.105. The highest BCUT2D eigenvalue weighted by Crippen LogP contribution is 2.13. The third-order valence-electron chi connectivity index (χ3n) is 2.69. The predicted molar refractivity (Wildman–Crippen MR) is 73.3 cm³/mol. The van der Waals surface area contributed by atoms with Crippen LogP contribution in [0.25, 0.3) is 0 Å². The molecule has 0 bridgehead atoms. The molecule has 0 amide bonds. The van der Waals surface area contributed by atoms with E-state index in [0.717, 1.165) is 25.3 Å². The smallest absolute Gasteiger partial charge is 0.119 e. The molecule has 3 heteroatoms. The number of nitriles is 1. The third kappa shape index (κ3) is 5.20. The summed E-state index contributed by atoms with van der Waals surface area (Å²) in [5, 5.41) is 12.1. The molecule has 0 aliphatic heterocycles. The van der Waals surface area contributed by atoms with E-state index in [1.165, 1.54) is 5.56 Å². The van der Waals surface area contributed by atoms with Crippen molar-refractivity contribution in [3.05, 3.63) is 29.8 Å². The lowest BCUT2D eigenvalue weighted by molar-refractivity contribution is 0.242. The molecular weight excluding hydrogens is 224 g/mol. The molecule has 0 aromatic heterocycles. The summed E-state index contributed by atoms with van der Waals surface area (Å²) < 4.78 is 5.58. The van der Waals surface area contributed by atoms with Gasteiger partial charge in [0.25, 0.3) is 0 Å². The van der Waals surface area contributed by atoms with Crippen molar-refractivity contribution in [3.63, 3.8) is 0 Å². The molecule has 0 saturated heterocycles. The van der Waals surface area contributed by atoms with Crippen molar-refractivity contribution in [1.29, 1.82) is 5.26 Å². The number of ether oxygens (including phenoxy) is 1. The van der Waals surface area contributed by atoms with E-state index in [4.69, 9.17) is 10.00 Å². The Morgan fingerprint density at radius 1 is 1.28 bits per heavy atom. The van der Waals surface area contributed by atoms with E-state index in [9.17, 15) is 0 Å². The molecule has 0 saturated carbocycles. The first-order chi connectivity index (χ1) is 8.65. The highest BCUT2D eigenvalue weighted by molar-refractivity contribution is 5.27. The van der Waals surface area contributed by atoms with E-state index in [1.54, 1.807) is 0 Å². The molecule has 1 atom stereocenters. The number of nitrogens with one attached hydrogen (secondary N) is 1. The summed E-state index contributed by atoms with van der Waals surface area (Å²) in [7, 11) is 0. The molecule has 1 aromatic rings. The zero-order valence-electron chi connectivity index (χ0n) is 11.4. The van der Waals surface area contributed by atoms with Gasteiger partial charge in [0.2, 0.25) is 0 Å². The summed E-state index contributed by atoms with van der Waals surface area (Å²) in [6.45, 7) is 7.61. The van der Waals surface area contributed by atoms with Gasteiger partial charge in [-0.15, -0.1) is 0 Å². The second kappa shape index (κ2) is 7.73. The van der Waals surface area contributed by atoms with Crippen LogP contribution in [0.4, 0.5) is 0 Å². The van der Waals surface area contributed by atoms with Gasteiger partial charge in [0.05, 0.1) is 18.1 Å². The maximum absolute atomic E-state index is 8.84. The van der Waals surface area contributed by atoms with Crippen molar-refractivity contribution in [2.24, 2.45) is 5.92 Å². The molecule has 1 N–H and O–H groups in total. The van der Waals surface area contributed by atoms with Crippen LogP contribution in [0.1, 0.15) is 32.8 Å². The zero-order valence-corrected chi connectivity index (χ0v) is 11.4. The minimum Gasteiger partial charge on any atom is -0.491 e. The maximum Gasteiger partial charge on any atom is 0.119 e. The summed E-state index contributed by atoms with van der Waals surface area (Å²) in [5.74, 6) is 1.01. The third-order valence-corrected chi connectivity index (χ3v) is 2.69. The largest absolute Gasteiger partial charge is 0.491 e. The fraction of sp³-hybridized carbons (Fsp3) is 0.533. The SMILES string of the molecule is CCC(C#N)CNCc1ccc(OC(C)C)cc1. The quantitative estimate of drug-likeness (QED) is 0.804. The van der Waals surface area contributed by atoms with Gasteiger partial charge in [-0.2, -0.15) is 5.26 Å². The molecule has 0 fully saturated rings. The molecule has 3 nitrogen and oxygen atoms in total. The van der Waals surface area contributed by atoms with E-state index in [2.05, 4.69) is 23.5 Å². The first-order valence-electron chi connectivity index (χ1n) is 6.51. The van der Waals surface area contributed by atoms with E-state index in [0.29, 0.717) is 0 Å². The summed E-state index contributed by atoms with van der Waals surface area (Å²) >= 11 is 0. The first kappa shape index (κ1) is 14.5. The molecule has 1 rings (SSSR count). The highest BCUT2D eigenvalue weighted by atomic mass is 16.5. The lowest BCUT2D eigenvalue weighted by Gasteiger charge is -2.11. The lowest BCUT2D eigenvalue weighted by Crippen LogP contribution is -2.21. The van der Waals surface area contributed by atoms with Crippen molar-refractivity contribution >= 4 is 0 Å². The van der Waals surface area contributed by atoms with E-state index >= 15 is 0 Å². The van der Waals surface area contributed by atoms with Gasteiger partial charge in [0, 0.05) is 13.1 Å². The Kier molecular flexibility index (Phi) is 6.24. The second-order valence-electron chi connectivity index (χ2n) is 4.68. The van der Waals surface area contributed by atoms with Gasteiger partial charge in [-0.1, -0.05) is 19.1 Å². The topological polar surface area (TPSA) is 45.0 Å². The van der Waals surface area contributed by atoms with Crippen LogP contribution < -0.4 is 10.1 Å². The Bertz CT molecular complexity index is 378. The number of rotatable bonds is 7. The van der Waals surface area contributed by atoms with Crippen LogP contribution in [-0.4, -0.2) is 12.6 Å². The van der Waals surface area contributed by atoms with Crippen molar-refractivity contribution in [3.8, 4) is 11.8 Å². The van der Waals surface area contributed by atoms with Crippen molar-refractivity contribution in [1.82, 2.24) is 5.32 Å². The number of hydrogen-bond acceptors (Lipinski definition) is 3. The maximum atomic E-state index is 8.84. The van der Waals surface area contributed by atoms with Gasteiger partial charge in [0.1, 0.15) is 5.75 Å². The second-order valence-corrected chi connectivity index (χ2v) is 4.68. The molecule has 0 spiro atoms. The van der Waals surface area contributed by atoms with Gasteiger partial charge < -0.3 is 10.1 Å². The van der Waals surface area contributed by atoms with Gasteiger partial charge >= 0.3 is 0 Å². The Morgan fingerprint density at radius 3 is 2.44 bits per heavy atom. The Morgan fingerprint density at radius 2 is 1.94 bits per heavy atom. The monoisotopic (exact) mass is 246 g/mol. The van der Waals surface area contributed by atoms with Gasteiger partial charge in [-0.05, 0) is 38.0 Å². The molecule has 0 aliphatic carbocycles. The van der Waals surface area contributed by atoms with Gasteiger partial charge in [0.15, 0.2) is 0 Å². The van der Waals surface area contributed by atoms with Crippen LogP contribution in [0.2, 0.25) is 0 Å². The molecule has 1 unspecified atom stereocenters. The summed E-state index contributed by atoms with van der Waals surface area (Å²) in [4.78, 5) is 0. The predicted octanol–water partition coefficient (Wildman–Crippen LogP) is 3.11. The van der Waals surface area contributed by atoms with E-state index < -0.39 is 0 Å². The minimum atomic E-state index is 0.105. The first-order valence-corrected chi connectivity index (χ1v) is 6.51. The molecular formula is C15H22N2O. The van der Waals surface area contributed by atoms with E-state index in [-0.39, 0.29) is 12.0 Å². The molecule has 0 aliphatic rings. The zero-order chi connectivity index (χ0) is 13.4. The number of hydrogen-bond donors (Lipinski definition) is 1. The van der Waals surface area contributed by atoms with Crippen LogP contribution in [0.5, 0.6) is 5.75 Å². The van der Waals surface area contributed by atoms with Gasteiger partial charge in [-0.3, -0.25) is 0 Å². The van der Waals surface area contributed by atoms with Crippen LogP contribution in [0, 0.1) is 17.2 Å². The summed E-state index contributed by atoms with van der Waals surface area (Å²) in [5.41, 5.74) is 1.21. The van der Waals surface area contributed by atoms with Crippen LogP contribution >= 0.6 is 0 Å². The number of benzene rings is 1. The lowest BCUT2D eigenvalue weighted by atomic mass is 10.1. The molecule has 0 heterocycles. The Hall–Kier alpha value is -1.53. The van der Waals surface area contributed by atoms with E-state index in [1.807, 2.05) is 32.9 Å². The van der Waals surface area contributed by atoms with Crippen molar-refractivity contribution < 1.29 is 4.74 Å². The normalized spacial score (nSPS) is 12.2. The average molecular weight is 246 g/mol. The summed E-state index contributed by atoms with van der Waals surface area (Å²) in [6.07, 6.45) is 1.10. The van der Waals surface area contributed by atoms with Crippen LogP contribution in [0.3, 0.4) is 0 Å². The summed E-state index contributed by atoms with van der Waals surface area (Å²) in [6, 6.07) is 10.4. The standard InChI is InChI=1S/C15H22N2O/c1-4-13(9-16)10-17-11-14-5-7-15(8-6-14)18-12(2)3/h5-8,12-13,17H,4,10-11H2,1-3H3. The molecule has 0 radical (unpaired) electrons. The average Bonchev–Trinajstić information content (AvgIpc) is 2.36. The van der Waals surface area contributed by atoms with Gasteiger partial charge in [-0.25, -0.2) is 0 Å². The molecule has 1 aromatic carbocycles. The number of nitrogens with zero attached hydrogens (tertiary/aromatic N) is 1. The van der Waals surface area contributed by atoms with Crippen LogP contribution in [-0.2, 0) is 6.54 Å². The van der Waals surface area contributed by atoms with Crippen molar-refractivity contribution in [2.75, 3.05) is 6.54 Å². The van der Waals surface area contributed by atoms with Crippen LogP contribution in [0.15, 0.2) is 24.3 Å². The molecule has 98 valence electrons. The highest BCUT2D eigenvalue weighted by Gasteiger charge is 2.03. The Balaban J connectivity index is 2.37.